The van der Waals surface area contributed by atoms with Gasteiger partial charge in [0.1, 0.15) is 0 Å². The van der Waals surface area contributed by atoms with Gasteiger partial charge in [-0.1, -0.05) is 30.0 Å². The van der Waals surface area contributed by atoms with E-state index in [-0.39, 0.29) is 0 Å². The Kier molecular flexibility index (Phi) is 3.87. The molecule has 2 aromatic rings. The number of hydrogen-bond acceptors (Lipinski definition) is 3. The number of benzene rings is 2. The summed E-state index contributed by atoms with van der Waals surface area (Å²) in [6.45, 7) is 0. The van der Waals surface area contributed by atoms with Crippen molar-refractivity contribution in [1.29, 1.82) is 0 Å². The lowest BCUT2D eigenvalue weighted by Gasteiger charge is -2.06. The third kappa shape index (κ3) is 3.14. The second kappa shape index (κ2) is 5.58. The first-order chi connectivity index (χ1) is 9.08. The van der Waals surface area contributed by atoms with Crippen molar-refractivity contribution in [3.05, 3.63) is 59.7 Å². The molecule has 4 nitrogen and oxygen atoms in total. The van der Waals surface area contributed by atoms with E-state index in [1.807, 2.05) is 18.2 Å². The molecule has 96 valence electrons. The van der Waals surface area contributed by atoms with Gasteiger partial charge in [-0.05, 0) is 30.3 Å². The molecular weight excluding hydrogens is 260 g/mol. The lowest BCUT2D eigenvalue weighted by atomic mass is 10.2. The van der Waals surface area contributed by atoms with E-state index < -0.39 is 11.8 Å². The molecule has 0 aliphatic rings. The summed E-state index contributed by atoms with van der Waals surface area (Å²) in [6, 6.07) is 14.0. The predicted molar refractivity (Wildman–Crippen MR) is 74.0 cm³/mol. The molecule has 0 radical (unpaired) electrons. The number of nitrogens with two attached hydrogens (primary N) is 2. The zero-order valence-electron chi connectivity index (χ0n) is 10.00. The molecule has 2 aromatic carbocycles. The van der Waals surface area contributed by atoms with E-state index in [1.165, 1.54) is 11.8 Å². The van der Waals surface area contributed by atoms with Crippen LogP contribution in [0.2, 0.25) is 0 Å². The van der Waals surface area contributed by atoms with Crippen LogP contribution in [0, 0.1) is 0 Å². The van der Waals surface area contributed by atoms with Gasteiger partial charge >= 0.3 is 0 Å². The highest BCUT2D eigenvalue weighted by molar-refractivity contribution is 7.99. The van der Waals surface area contributed by atoms with Crippen LogP contribution < -0.4 is 11.5 Å². The van der Waals surface area contributed by atoms with Crippen LogP contribution in [0.25, 0.3) is 0 Å². The molecule has 0 aromatic heterocycles. The minimum Gasteiger partial charge on any atom is -0.366 e. The molecule has 5 heteroatoms. The first kappa shape index (κ1) is 13.2. The minimum absolute atomic E-state index is 0.432. The van der Waals surface area contributed by atoms with Gasteiger partial charge in [0.05, 0.1) is 5.56 Å². The number of rotatable bonds is 4. The molecule has 0 heterocycles. The highest BCUT2D eigenvalue weighted by Crippen LogP contribution is 2.30. The van der Waals surface area contributed by atoms with Crippen molar-refractivity contribution < 1.29 is 9.59 Å². The van der Waals surface area contributed by atoms with E-state index in [1.54, 1.807) is 30.3 Å². The molecule has 4 N–H and O–H groups in total. The molecule has 0 bridgehead atoms. The third-order valence-electron chi connectivity index (χ3n) is 2.50. The van der Waals surface area contributed by atoms with Crippen LogP contribution in [0.3, 0.4) is 0 Å². The van der Waals surface area contributed by atoms with Gasteiger partial charge in [0, 0.05) is 15.4 Å². The smallest absolute Gasteiger partial charge is 0.249 e. The Labute approximate surface area is 114 Å². The SMILES string of the molecule is NC(=O)c1cccc(Sc2ccccc2C(N)=O)c1. The molecule has 2 amide bonds. The van der Waals surface area contributed by atoms with Gasteiger partial charge in [0.25, 0.3) is 0 Å². The third-order valence-corrected chi connectivity index (χ3v) is 3.56. The Balaban J connectivity index is 2.34. The highest BCUT2D eigenvalue weighted by Gasteiger charge is 2.09. The molecule has 0 aliphatic carbocycles. The standard InChI is InChI=1S/C14H12N2O2S/c15-13(17)9-4-3-5-10(8-9)19-12-7-2-1-6-11(12)14(16)18/h1-8H,(H2,15,17)(H2,16,18). The van der Waals surface area contributed by atoms with Gasteiger partial charge < -0.3 is 11.5 Å². The number of hydrogen-bond donors (Lipinski definition) is 2. The van der Waals surface area contributed by atoms with Crippen molar-refractivity contribution in [2.24, 2.45) is 11.5 Å². The average molecular weight is 272 g/mol. The fraction of sp³-hybridized carbons (Fsp3) is 0. The van der Waals surface area contributed by atoms with E-state index in [4.69, 9.17) is 11.5 Å². The predicted octanol–water partition coefficient (Wildman–Crippen LogP) is 2.04. The van der Waals surface area contributed by atoms with Crippen molar-refractivity contribution in [3.63, 3.8) is 0 Å². The van der Waals surface area contributed by atoms with Crippen LogP contribution in [0.1, 0.15) is 20.7 Å². The number of carbonyl (C=O) groups excluding carboxylic acids is 2. The molecule has 0 saturated carbocycles. The summed E-state index contributed by atoms with van der Waals surface area (Å²) in [7, 11) is 0. The first-order valence-electron chi connectivity index (χ1n) is 5.54. The van der Waals surface area contributed by atoms with Gasteiger partial charge in [0.15, 0.2) is 0 Å². The quantitative estimate of drug-likeness (QED) is 0.893. The Morgan fingerprint density at radius 2 is 1.63 bits per heavy atom. The molecule has 19 heavy (non-hydrogen) atoms. The second-order valence-corrected chi connectivity index (χ2v) is 4.97. The maximum atomic E-state index is 11.3. The molecule has 0 unspecified atom stereocenters. The van der Waals surface area contributed by atoms with Crippen molar-refractivity contribution in [1.82, 2.24) is 0 Å². The van der Waals surface area contributed by atoms with Gasteiger partial charge in [0.2, 0.25) is 11.8 Å². The van der Waals surface area contributed by atoms with Crippen LogP contribution in [0.4, 0.5) is 0 Å². The number of carbonyl (C=O) groups is 2. The summed E-state index contributed by atoms with van der Waals surface area (Å²) in [4.78, 5) is 24.0. The Morgan fingerprint density at radius 3 is 2.32 bits per heavy atom. The Bertz CT molecular complexity index is 641. The lowest BCUT2D eigenvalue weighted by Crippen LogP contribution is -2.12. The molecule has 0 aliphatic heterocycles. The van der Waals surface area contributed by atoms with Crippen LogP contribution >= 0.6 is 11.8 Å². The minimum atomic E-state index is -0.481. The van der Waals surface area contributed by atoms with Crippen molar-refractivity contribution in [2.75, 3.05) is 0 Å². The largest absolute Gasteiger partial charge is 0.366 e. The summed E-state index contributed by atoms with van der Waals surface area (Å²) in [5.74, 6) is -0.959. The average Bonchev–Trinajstić information content (AvgIpc) is 2.39. The first-order valence-corrected chi connectivity index (χ1v) is 6.36. The van der Waals surface area contributed by atoms with E-state index in [9.17, 15) is 9.59 Å². The number of primary amides is 2. The second-order valence-electron chi connectivity index (χ2n) is 3.85. The van der Waals surface area contributed by atoms with Crippen LogP contribution in [0.5, 0.6) is 0 Å². The number of amides is 2. The summed E-state index contributed by atoms with van der Waals surface area (Å²) >= 11 is 1.37. The monoisotopic (exact) mass is 272 g/mol. The molecule has 2 rings (SSSR count). The highest BCUT2D eigenvalue weighted by atomic mass is 32.2. The van der Waals surface area contributed by atoms with Crippen LogP contribution in [-0.2, 0) is 0 Å². The van der Waals surface area contributed by atoms with Gasteiger partial charge in [-0.3, -0.25) is 9.59 Å². The topological polar surface area (TPSA) is 86.2 Å². The van der Waals surface area contributed by atoms with E-state index in [2.05, 4.69) is 0 Å². The molecule has 0 saturated heterocycles. The zero-order valence-corrected chi connectivity index (χ0v) is 10.8. The van der Waals surface area contributed by atoms with E-state index >= 15 is 0 Å². The van der Waals surface area contributed by atoms with Gasteiger partial charge in [-0.25, -0.2) is 0 Å². The zero-order chi connectivity index (χ0) is 13.8. The maximum Gasteiger partial charge on any atom is 0.249 e. The fourth-order valence-corrected chi connectivity index (χ4v) is 2.61. The van der Waals surface area contributed by atoms with Crippen molar-refractivity contribution >= 4 is 23.6 Å². The lowest BCUT2D eigenvalue weighted by molar-refractivity contribution is 0.0990. The molecule has 0 fully saturated rings. The van der Waals surface area contributed by atoms with Crippen LogP contribution in [0.15, 0.2) is 58.3 Å². The summed E-state index contributed by atoms with van der Waals surface area (Å²) in [5, 5.41) is 0. The molecular formula is C14H12N2O2S. The van der Waals surface area contributed by atoms with Crippen molar-refractivity contribution in [3.8, 4) is 0 Å². The fourth-order valence-electron chi connectivity index (χ4n) is 1.60. The van der Waals surface area contributed by atoms with E-state index in [0.717, 1.165) is 9.79 Å². The normalized spacial score (nSPS) is 10.1. The van der Waals surface area contributed by atoms with Gasteiger partial charge in [-0.2, -0.15) is 0 Å². The molecule has 0 atom stereocenters. The summed E-state index contributed by atoms with van der Waals surface area (Å²) in [5.41, 5.74) is 11.4. The van der Waals surface area contributed by atoms with Gasteiger partial charge in [-0.15, -0.1) is 0 Å². The summed E-state index contributed by atoms with van der Waals surface area (Å²) in [6.07, 6.45) is 0. The maximum absolute atomic E-state index is 11.3. The Morgan fingerprint density at radius 1 is 0.895 bits per heavy atom. The van der Waals surface area contributed by atoms with Crippen molar-refractivity contribution in [2.45, 2.75) is 9.79 Å². The Hall–Kier alpha value is -2.27. The van der Waals surface area contributed by atoms with Crippen LogP contribution in [-0.4, -0.2) is 11.8 Å². The molecule has 0 spiro atoms. The summed E-state index contributed by atoms with van der Waals surface area (Å²) < 4.78 is 0. The van der Waals surface area contributed by atoms with E-state index in [0.29, 0.717) is 11.1 Å².